The number of nitrogens with zero attached hydrogens (tertiary/aromatic N) is 6. The van der Waals surface area contributed by atoms with Crippen LogP contribution >= 0.6 is 0 Å². The van der Waals surface area contributed by atoms with Crippen LogP contribution in [-0.2, 0) is 9.59 Å². The smallest absolute Gasteiger partial charge is 0.262 e. The summed E-state index contributed by atoms with van der Waals surface area (Å²) in [6.45, 7) is 6.08. The predicted molar refractivity (Wildman–Crippen MR) is 168 cm³/mol. The highest BCUT2D eigenvalue weighted by molar-refractivity contribution is 6.23. The highest BCUT2D eigenvalue weighted by atomic mass is 16.2. The maximum Gasteiger partial charge on any atom is 0.262 e. The fraction of sp³-hybridized carbons (Fsp3) is 0.545. The maximum atomic E-state index is 13.2. The van der Waals surface area contributed by atoms with Gasteiger partial charge in [0, 0.05) is 76.4 Å². The van der Waals surface area contributed by atoms with Crippen molar-refractivity contribution in [1.29, 1.82) is 0 Å². The summed E-state index contributed by atoms with van der Waals surface area (Å²) in [4.78, 5) is 79.8. The lowest BCUT2D eigenvalue weighted by molar-refractivity contribution is -0.136. The maximum absolute atomic E-state index is 13.2. The second-order valence-electron chi connectivity index (χ2n) is 13.1. The van der Waals surface area contributed by atoms with Crippen molar-refractivity contribution in [2.45, 2.75) is 63.5 Å². The van der Waals surface area contributed by atoms with Crippen molar-refractivity contribution in [1.82, 2.24) is 30.4 Å². The van der Waals surface area contributed by atoms with Crippen LogP contribution in [0.2, 0.25) is 0 Å². The van der Waals surface area contributed by atoms with E-state index in [4.69, 9.17) is 0 Å². The highest BCUT2D eigenvalue weighted by Gasteiger charge is 2.45. The largest absolute Gasteiger partial charge is 0.369 e. The van der Waals surface area contributed by atoms with E-state index in [0.29, 0.717) is 28.6 Å². The molecule has 4 aliphatic heterocycles. The SMILES string of the molecule is O=C1CCC(N2C(=O)c3ccc(N4CCN(CC5CCN(c6ncc(C(=O)NC7CCCCC7)cn6)C5)CC4)cc3C2=O)C(=O)N1. The monoisotopic (exact) mass is 628 g/mol. The Balaban J connectivity index is 0.894. The van der Waals surface area contributed by atoms with Gasteiger partial charge in [0.05, 0.1) is 16.7 Å². The summed E-state index contributed by atoms with van der Waals surface area (Å²) in [7, 11) is 0. The number of hydrogen-bond donors (Lipinski definition) is 2. The standard InChI is InChI=1S/C33H40N8O5/c42-28-9-8-27(30(44)37-28)41-31(45)25-7-6-24(16-26(25)32(41)46)39-14-12-38(13-15-39)19-21-10-11-40(20-21)33-34-17-22(18-35-33)29(43)36-23-4-2-1-3-5-23/h6-7,16-18,21,23,27H,1-5,8-15,19-20H2,(H,36,43)(H,37,42,44). The van der Waals surface area contributed by atoms with Crippen molar-refractivity contribution in [3.63, 3.8) is 0 Å². The Bertz CT molecular complexity index is 1530. The number of piperazine rings is 1. The Morgan fingerprint density at radius 3 is 2.33 bits per heavy atom. The Hall–Kier alpha value is -4.39. The highest BCUT2D eigenvalue weighted by Crippen LogP contribution is 2.31. The van der Waals surface area contributed by atoms with Gasteiger partial charge in [0.2, 0.25) is 17.8 Å². The van der Waals surface area contributed by atoms with Gasteiger partial charge < -0.3 is 15.1 Å². The zero-order chi connectivity index (χ0) is 31.8. The first kappa shape index (κ1) is 30.3. The second kappa shape index (κ2) is 12.8. The Kier molecular flexibility index (Phi) is 8.41. The minimum Gasteiger partial charge on any atom is -0.369 e. The van der Waals surface area contributed by atoms with Crippen LogP contribution in [0.15, 0.2) is 30.6 Å². The number of rotatable bonds is 7. The van der Waals surface area contributed by atoms with Gasteiger partial charge in [-0.05, 0) is 49.8 Å². The van der Waals surface area contributed by atoms with Crippen molar-refractivity contribution in [2.24, 2.45) is 5.92 Å². The number of benzene rings is 1. The van der Waals surface area contributed by atoms with Crippen molar-refractivity contribution >= 4 is 41.2 Å². The Morgan fingerprint density at radius 2 is 1.59 bits per heavy atom. The van der Waals surface area contributed by atoms with Crippen LogP contribution in [0.25, 0.3) is 0 Å². The minimum atomic E-state index is -0.966. The Labute approximate surface area is 267 Å². The zero-order valence-electron chi connectivity index (χ0n) is 25.9. The van der Waals surface area contributed by atoms with Crippen molar-refractivity contribution in [3.8, 4) is 0 Å². The van der Waals surface area contributed by atoms with Gasteiger partial charge in [0.25, 0.3) is 17.7 Å². The first-order valence-electron chi connectivity index (χ1n) is 16.5. The summed E-state index contributed by atoms with van der Waals surface area (Å²) in [6, 6.07) is 4.59. The molecule has 13 heteroatoms. The van der Waals surface area contributed by atoms with E-state index in [-0.39, 0.29) is 30.7 Å². The van der Waals surface area contributed by atoms with Gasteiger partial charge in [-0.3, -0.25) is 39.1 Å². The third kappa shape index (κ3) is 6.07. The lowest BCUT2D eigenvalue weighted by Crippen LogP contribution is -2.54. The first-order chi connectivity index (χ1) is 22.3. The molecule has 1 aromatic carbocycles. The number of hydrogen-bond acceptors (Lipinski definition) is 10. The predicted octanol–water partition coefficient (Wildman–Crippen LogP) is 1.59. The summed E-state index contributed by atoms with van der Waals surface area (Å²) >= 11 is 0. The quantitative estimate of drug-likeness (QED) is 0.433. The van der Waals surface area contributed by atoms with Crippen molar-refractivity contribution < 1.29 is 24.0 Å². The molecule has 5 amide bonds. The molecule has 7 rings (SSSR count). The summed E-state index contributed by atoms with van der Waals surface area (Å²) in [6.07, 6.45) is 10.2. The fourth-order valence-corrected chi connectivity index (χ4v) is 7.49. The van der Waals surface area contributed by atoms with Gasteiger partial charge in [-0.1, -0.05) is 19.3 Å². The number of imide groups is 2. The van der Waals surface area contributed by atoms with Crippen molar-refractivity contribution in [2.75, 3.05) is 55.6 Å². The Morgan fingerprint density at radius 1 is 0.848 bits per heavy atom. The molecule has 242 valence electrons. The van der Waals surface area contributed by atoms with E-state index >= 15 is 0 Å². The van der Waals surface area contributed by atoms with Crippen LogP contribution in [0.5, 0.6) is 0 Å². The molecule has 46 heavy (non-hydrogen) atoms. The van der Waals surface area contributed by atoms with E-state index in [1.165, 1.54) is 19.3 Å². The van der Waals surface area contributed by atoms with Crippen molar-refractivity contribution in [3.05, 3.63) is 47.3 Å². The van der Waals surface area contributed by atoms with E-state index in [0.717, 1.165) is 75.7 Å². The minimum absolute atomic E-state index is 0.0916. The molecular weight excluding hydrogens is 588 g/mol. The van der Waals surface area contributed by atoms with Gasteiger partial charge in [0.1, 0.15) is 6.04 Å². The fourth-order valence-electron chi connectivity index (χ4n) is 7.49. The van der Waals surface area contributed by atoms with Gasteiger partial charge in [-0.2, -0.15) is 0 Å². The molecule has 2 N–H and O–H groups in total. The summed E-state index contributed by atoms with van der Waals surface area (Å²) in [5, 5.41) is 5.36. The summed E-state index contributed by atoms with van der Waals surface area (Å²) in [5.74, 6) is -0.896. The van der Waals surface area contributed by atoms with E-state index in [1.54, 1.807) is 24.5 Å². The molecular formula is C33H40N8O5. The van der Waals surface area contributed by atoms with E-state index in [9.17, 15) is 24.0 Å². The average molecular weight is 629 g/mol. The number of piperidine rings is 1. The molecule has 2 unspecified atom stereocenters. The second-order valence-corrected chi connectivity index (χ2v) is 13.1. The molecule has 13 nitrogen and oxygen atoms in total. The van der Waals surface area contributed by atoms with Gasteiger partial charge in [-0.25, -0.2) is 9.97 Å². The molecule has 1 aromatic heterocycles. The molecule has 1 aliphatic carbocycles. The molecule has 0 bridgehead atoms. The average Bonchev–Trinajstić information content (AvgIpc) is 3.63. The number of carbonyl (C=O) groups is 5. The first-order valence-corrected chi connectivity index (χ1v) is 16.5. The van der Waals surface area contributed by atoms with Gasteiger partial charge in [-0.15, -0.1) is 0 Å². The van der Waals surface area contributed by atoms with Gasteiger partial charge >= 0.3 is 0 Å². The molecule has 5 aliphatic rings. The number of fused-ring (bicyclic) bond motifs is 1. The van der Waals surface area contributed by atoms with Crippen LogP contribution in [0.3, 0.4) is 0 Å². The van der Waals surface area contributed by atoms with Crippen LogP contribution in [0.4, 0.5) is 11.6 Å². The normalized spacial score (nSPS) is 24.4. The number of carbonyl (C=O) groups excluding carboxylic acids is 5. The lowest BCUT2D eigenvalue weighted by atomic mass is 9.95. The molecule has 4 fully saturated rings. The van der Waals surface area contributed by atoms with Crippen LogP contribution in [-0.4, -0.2) is 107 Å². The van der Waals surface area contributed by atoms with E-state index < -0.39 is 23.8 Å². The number of aromatic nitrogens is 2. The van der Waals surface area contributed by atoms with E-state index in [1.807, 2.05) is 6.07 Å². The van der Waals surface area contributed by atoms with Gasteiger partial charge in [0.15, 0.2) is 0 Å². The van der Waals surface area contributed by atoms with Crippen LogP contribution < -0.4 is 20.4 Å². The van der Waals surface area contributed by atoms with E-state index in [2.05, 4.69) is 35.3 Å². The van der Waals surface area contributed by atoms with Crippen LogP contribution in [0.1, 0.15) is 82.4 Å². The lowest BCUT2D eigenvalue weighted by Gasteiger charge is -2.37. The number of nitrogens with one attached hydrogen (secondary N) is 2. The molecule has 0 spiro atoms. The topological polar surface area (TPSA) is 148 Å². The zero-order valence-corrected chi connectivity index (χ0v) is 25.9. The third-order valence-corrected chi connectivity index (χ3v) is 10.1. The molecule has 0 radical (unpaired) electrons. The molecule has 3 saturated heterocycles. The van der Waals surface area contributed by atoms with Crippen LogP contribution in [0, 0.1) is 5.92 Å². The molecule has 1 saturated carbocycles. The summed E-state index contributed by atoms with van der Waals surface area (Å²) < 4.78 is 0. The third-order valence-electron chi connectivity index (χ3n) is 10.1. The number of anilines is 2. The molecule has 2 aromatic rings. The molecule has 5 heterocycles. The molecule has 2 atom stereocenters. The summed E-state index contributed by atoms with van der Waals surface area (Å²) in [5.41, 5.74) is 1.99. The number of amides is 5.